The van der Waals surface area contributed by atoms with Gasteiger partial charge in [0.25, 0.3) is 5.56 Å². The predicted molar refractivity (Wildman–Crippen MR) is 81.3 cm³/mol. The van der Waals surface area contributed by atoms with E-state index in [9.17, 15) is 14.3 Å². The van der Waals surface area contributed by atoms with Crippen LogP contribution in [0, 0.1) is 0 Å². The monoisotopic (exact) mass is 357 g/mol. The highest BCUT2D eigenvalue weighted by molar-refractivity contribution is 9.10. The summed E-state index contributed by atoms with van der Waals surface area (Å²) in [7, 11) is -4.05. The van der Waals surface area contributed by atoms with Gasteiger partial charge in [0, 0.05) is 10.2 Å². The van der Waals surface area contributed by atoms with E-state index in [4.69, 9.17) is 4.52 Å². The van der Waals surface area contributed by atoms with Crippen molar-refractivity contribution in [3.63, 3.8) is 0 Å². The average Bonchev–Trinajstić information content (AvgIpc) is 2.39. The van der Waals surface area contributed by atoms with E-state index in [1.807, 2.05) is 24.3 Å². The van der Waals surface area contributed by atoms with Gasteiger partial charge in [0.2, 0.25) is 0 Å². The van der Waals surface area contributed by atoms with Gasteiger partial charge in [0.1, 0.15) is 5.30 Å². The third kappa shape index (κ3) is 3.27. The van der Waals surface area contributed by atoms with Crippen LogP contribution in [0.5, 0.6) is 0 Å². The first-order valence-corrected chi connectivity index (χ1v) is 8.28. The van der Waals surface area contributed by atoms with Crippen molar-refractivity contribution in [2.45, 2.75) is 6.92 Å². The summed E-state index contributed by atoms with van der Waals surface area (Å²) in [6, 6.07) is 10.3. The van der Waals surface area contributed by atoms with Crippen molar-refractivity contribution in [3.8, 4) is 11.3 Å². The molecule has 1 atom stereocenters. The van der Waals surface area contributed by atoms with Gasteiger partial charge >= 0.3 is 7.60 Å². The largest absolute Gasteiger partial charge is 0.364 e. The quantitative estimate of drug-likeness (QED) is 0.824. The zero-order valence-corrected chi connectivity index (χ0v) is 13.1. The lowest BCUT2D eigenvalue weighted by atomic mass is 10.1. The molecule has 1 aromatic carbocycles. The van der Waals surface area contributed by atoms with Crippen molar-refractivity contribution in [2.75, 3.05) is 6.61 Å². The average molecular weight is 358 g/mol. The molecule has 0 bridgehead atoms. The Hall–Kier alpha value is -1.20. The summed E-state index contributed by atoms with van der Waals surface area (Å²) < 4.78 is 17.5. The molecule has 0 aliphatic rings. The number of H-pyrrole nitrogens is 1. The number of aromatic amines is 1. The number of aromatic nitrogens is 1. The van der Waals surface area contributed by atoms with Gasteiger partial charge in [-0.05, 0) is 36.8 Å². The van der Waals surface area contributed by atoms with Crippen LogP contribution < -0.4 is 10.9 Å². The normalized spacial score (nSPS) is 13.9. The van der Waals surface area contributed by atoms with Gasteiger partial charge in [-0.1, -0.05) is 28.1 Å². The molecule has 5 nitrogen and oxygen atoms in total. The van der Waals surface area contributed by atoms with E-state index in [0.29, 0.717) is 5.69 Å². The maximum Gasteiger partial charge on any atom is 0.364 e. The molecule has 0 radical (unpaired) electrons. The van der Waals surface area contributed by atoms with Crippen molar-refractivity contribution in [2.24, 2.45) is 0 Å². The van der Waals surface area contributed by atoms with E-state index in [-0.39, 0.29) is 11.9 Å². The summed E-state index contributed by atoms with van der Waals surface area (Å²) in [4.78, 5) is 24.2. The molecule has 0 fully saturated rings. The Morgan fingerprint density at radius 1 is 1.25 bits per heavy atom. The summed E-state index contributed by atoms with van der Waals surface area (Å²) in [6.07, 6.45) is 0. The molecule has 0 saturated heterocycles. The van der Waals surface area contributed by atoms with Crippen LogP contribution >= 0.6 is 23.5 Å². The topological polar surface area (TPSA) is 79.4 Å². The van der Waals surface area contributed by atoms with E-state index in [2.05, 4.69) is 20.9 Å². The van der Waals surface area contributed by atoms with Crippen molar-refractivity contribution in [3.05, 3.63) is 51.2 Å². The Labute approximate surface area is 124 Å². The van der Waals surface area contributed by atoms with Gasteiger partial charge in [0.15, 0.2) is 0 Å². The number of rotatable bonds is 4. The first-order valence-electron chi connectivity index (χ1n) is 5.91. The second-order valence-corrected chi connectivity index (χ2v) is 6.73. The number of halogens is 1. The zero-order chi connectivity index (χ0) is 14.8. The standard InChI is InChI=1S/C13H13BrNO4P/c1-2-19-20(17,18)12-8-7-11(15-13(12)16)9-3-5-10(14)6-4-9/h3-8H,2H2,1H3,(H,15,16)(H,17,18). The van der Waals surface area contributed by atoms with Crippen molar-refractivity contribution in [1.82, 2.24) is 4.98 Å². The molecule has 2 rings (SSSR count). The molecule has 20 heavy (non-hydrogen) atoms. The lowest BCUT2D eigenvalue weighted by Crippen LogP contribution is -2.28. The summed E-state index contributed by atoms with van der Waals surface area (Å²) in [5, 5.41) is -0.250. The van der Waals surface area contributed by atoms with E-state index in [1.54, 1.807) is 13.0 Å². The molecule has 0 spiro atoms. The van der Waals surface area contributed by atoms with Crippen molar-refractivity contribution >= 4 is 28.8 Å². The van der Waals surface area contributed by atoms with Crippen LogP contribution in [-0.4, -0.2) is 16.5 Å². The first-order chi connectivity index (χ1) is 9.44. The van der Waals surface area contributed by atoms with Crippen LogP contribution in [0.2, 0.25) is 0 Å². The fourth-order valence-electron chi connectivity index (χ4n) is 1.73. The Balaban J connectivity index is 2.43. The molecule has 1 aromatic heterocycles. The lowest BCUT2D eigenvalue weighted by molar-refractivity contribution is 0.284. The molecule has 0 amide bonds. The molecule has 106 valence electrons. The molecule has 1 heterocycles. The summed E-state index contributed by atoms with van der Waals surface area (Å²) >= 11 is 3.33. The lowest BCUT2D eigenvalue weighted by Gasteiger charge is -2.10. The van der Waals surface area contributed by atoms with E-state index < -0.39 is 13.2 Å². The van der Waals surface area contributed by atoms with E-state index in [0.717, 1.165) is 10.0 Å². The smallest absolute Gasteiger partial charge is 0.321 e. The SMILES string of the molecule is CCOP(=O)(O)c1ccc(-c2ccc(Br)cc2)[nH]c1=O. The summed E-state index contributed by atoms with van der Waals surface area (Å²) in [5.41, 5.74) is 0.758. The maximum atomic E-state index is 11.9. The minimum Gasteiger partial charge on any atom is -0.321 e. The first kappa shape index (κ1) is 15.2. The summed E-state index contributed by atoms with van der Waals surface area (Å²) in [6.45, 7) is 1.65. The van der Waals surface area contributed by atoms with E-state index in [1.165, 1.54) is 6.07 Å². The summed E-state index contributed by atoms with van der Waals surface area (Å²) in [5.74, 6) is 0. The molecule has 0 aliphatic carbocycles. The van der Waals surface area contributed by atoms with Crippen LogP contribution in [0.3, 0.4) is 0 Å². The van der Waals surface area contributed by atoms with Gasteiger partial charge in [-0.25, -0.2) is 0 Å². The van der Waals surface area contributed by atoms with E-state index >= 15 is 0 Å². The third-order valence-electron chi connectivity index (χ3n) is 2.65. The Bertz CT molecular complexity index is 711. The molecule has 0 aliphatic heterocycles. The fourth-order valence-corrected chi connectivity index (χ4v) is 3.06. The van der Waals surface area contributed by atoms with Crippen LogP contribution in [-0.2, 0) is 9.09 Å². The Morgan fingerprint density at radius 2 is 1.90 bits per heavy atom. The van der Waals surface area contributed by atoms with Crippen LogP contribution in [0.15, 0.2) is 45.7 Å². The Kier molecular flexibility index (Phi) is 4.60. The van der Waals surface area contributed by atoms with Gasteiger partial charge in [-0.15, -0.1) is 0 Å². The molecule has 7 heteroatoms. The second kappa shape index (κ2) is 6.06. The van der Waals surface area contributed by atoms with Crippen LogP contribution in [0.4, 0.5) is 0 Å². The molecule has 1 unspecified atom stereocenters. The molecule has 2 N–H and O–H groups in total. The zero-order valence-electron chi connectivity index (χ0n) is 10.7. The van der Waals surface area contributed by atoms with Crippen LogP contribution in [0.1, 0.15) is 6.92 Å². The van der Waals surface area contributed by atoms with Gasteiger partial charge < -0.3 is 14.4 Å². The number of hydrogen-bond donors (Lipinski definition) is 2. The Morgan fingerprint density at radius 3 is 2.45 bits per heavy atom. The molecule has 0 saturated carbocycles. The number of hydrogen-bond acceptors (Lipinski definition) is 3. The minimum absolute atomic E-state index is 0.0572. The third-order valence-corrected chi connectivity index (χ3v) is 4.75. The predicted octanol–water partition coefficient (Wildman–Crippen LogP) is 2.65. The molecule has 2 aromatic rings. The van der Waals surface area contributed by atoms with Gasteiger partial charge in [-0.2, -0.15) is 0 Å². The second-order valence-electron chi connectivity index (χ2n) is 4.03. The van der Waals surface area contributed by atoms with Crippen molar-refractivity contribution in [1.29, 1.82) is 0 Å². The minimum atomic E-state index is -4.05. The molecular formula is C13H13BrNO4P. The van der Waals surface area contributed by atoms with Crippen LogP contribution in [0.25, 0.3) is 11.3 Å². The highest BCUT2D eigenvalue weighted by Crippen LogP contribution is 2.39. The number of nitrogens with one attached hydrogen (secondary N) is 1. The number of pyridine rings is 1. The highest BCUT2D eigenvalue weighted by Gasteiger charge is 2.25. The van der Waals surface area contributed by atoms with Crippen molar-refractivity contribution < 1.29 is 14.0 Å². The highest BCUT2D eigenvalue weighted by atomic mass is 79.9. The maximum absolute atomic E-state index is 11.9. The van der Waals surface area contributed by atoms with Gasteiger partial charge in [-0.3, -0.25) is 9.36 Å². The van der Waals surface area contributed by atoms with Gasteiger partial charge in [0.05, 0.1) is 6.61 Å². The molecular weight excluding hydrogens is 345 g/mol. The number of benzene rings is 1. The fraction of sp³-hybridized carbons (Fsp3) is 0.154.